The van der Waals surface area contributed by atoms with Crippen LogP contribution in [0, 0.1) is 0 Å². The lowest BCUT2D eigenvalue weighted by Gasteiger charge is -2.32. The van der Waals surface area contributed by atoms with E-state index in [1.165, 1.54) is 16.4 Å². The Balaban J connectivity index is 2.48. The van der Waals surface area contributed by atoms with Crippen LogP contribution < -0.4 is 15.8 Å². The number of piperazine rings is 1. The average molecular weight is 313 g/mol. The molecule has 1 saturated heterocycles. The molecule has 0 bridgehead atoms. The molecule has 1 aliphatic rings. The number of benzene rings is 1. The maximum Gasteiger partial charge on any atom is 0.247 e. The molecule has 0 spiro atoms. The van der Waals surface area contributed by atoms with Gasteiger partial charge in [0.05, 0.1) is 6.61 Å². The fourth-order valence-electron chi connectivity index (χ4n) is 2.22. The van der Waals surface area contributed by atoms with Gasteiger partial charge in [-0.2, -0.15) is 4.31 Å². The molecule has 21 heavy (non-hydrogen) atoms. The number of carbonyl (C=O) groups excluding carboxylic acids is 1. The predicted octanol–water partition coefficient (Wildman–Crippen LogP) is 0.177. The highest BCUT2D eigenvalue weighted by Crippen LogP contribution is 2.30. The SMILES string of the molecule is CCOc1ccc(N)cc1S(=O)(=O)N1CCNC(=O)C1C. The van der Waals surface area contributed by atoms with E-state index in [0.717, 1.165) is 0 Å². The molecule has 7 nitrogen and oxygen atoms in total. The average Bonchev–Trinajstić information content (AvgIpc) is 2.43. The van der Waals surface area contributed by atoms with Crippen LogP contribution in [0.25, 0.3) is 0 Å². The van der Waals surface area contributed by atoms with Crippen molar-refractivity contribution in [3.8, 4) is 5.75 Å². The van der Waals surface area contributed by atoms with E-state index in [2.05, 4.69) is 5.32 Å². The van der Waals surface area contributed by atoms with Crippen LogP contribution in [0.4, 0.5) is 5.69 Å². The molecule has 2 rings (SSSR count). The molecule has 1 unspecified atom stereocenters. The third-order valence-corrected chi connectivity index (χ3v) is 5.29. The van der Waals surface area contributed by atoms with Gasteiger partial charge in [-0.05, 0) is 32.0 Å². The topological polar surface area (TPSA) is 102 Å². The van der Waals surface area contributed by atoms with Crippen molar-refractivity contribution in [3.63, 3.8) is 0 Å². The fourth-order valence-corrected chi connectivity index (χ4v) is 3.98. The number of ether oxygens (including phenoxy) is 1. The van der Waals surface area contributed by atoms with Gasteiger partial charge in [0.25, 0.3) is 0 Å². The second-order valence-corrected chi connectivity index (χ2v) is 6.58. The van der Waals surface area contributed by atoms with Gasteiger partial charge in [0.2, 0.25) is 15.9 Å². The van der Waals surface area contributed by atoms with E-state index >= 15 is 0 Å². The van der Waals surface area contributed by atoms with Gasteiger partial charge >= 0.3 is 0 Å². The van der Waals surface area contributed by atoms with E-state index in [9.17, 15) is 13.2 Å². The molecule has 1 aromatic carbocycles. The minimum Gasteiger partial charge on any atom is -0.492 e. The highest BCUT2D eigenvalue weighted by molar-refractivity contribution is 7.89. The molecule has 0 aromatic heterocycles. The molecule has 1 aliphatic heterocycles. The van der Waals surface area contributed by atoms with Crippen molar-refractivity contribution in [3.05, 3.63) is 18.2 Å². The van der Waals surface area contributed by atoms with Gasteiger partial charge in [0, 0.05) is 18.8 Å². The number of nitrogens with zero attached hydrogens (tertiary/aromatic N) is 1. The van der Waals surface area contributed by atoms with E-state index in [1.807, 2.05) is 0 Å². The Morgan fingerprint density at radius 1 is 1.48 bits per heavy atom. The van der Waals surface area contributed by atoms with Gasteiger partial charge in [0.15, 0.2) is 0 Å². The first-order chi connectivity index (χ1) is 9.87. The van der Waals surface area contributed by atoms with E-state index < -0.39 is 16.1 Å². The lowest BCUT2D eigenvalue weighted by atomic mass is 10.2. The minimum atomic E-state index is -3.85. The third-order valence-electron chi connectivity index (χ3n) is 3.30. The molecule has 0 saturated carbocycles. The van der Waals surface area contributed by atoms with Crippen molar-refractivity contribution < 1.29 is 17.9 Å². The summed E-state index contributed by atoms with van der Waals surface area (Å²) in [5, 5.41) is 2.64. The number of hydrogen-bond donors (Lipinski definition) is 2. The molecule has 1 heterocycles. The van der Waals surface area contributed by atoms with Crippen LogP contribution in [0.2, 0.25) is 0 Å². The van der Waals surface area contributed by atoms with Gasteiger partial charge in [0.1, 0.15) is 16.7 Å². The van der Waals surface area contributed by atoms with Crippen molar-refractivity contribution in [2.45, 2.75) is 24.8 Å². The number of carbonyl (C=O) groups is 1. The highest BCUT2D eigenvalue weighted by Gasteiger charge is 2.37. The first-order valence-corrected chi connectivity index (χ1v) is 8.13. The highest BCUT2D eigenvalue weighted by atomic mass is 32.2. The first kappa shape index (κ1) is 15.6. The van der Waals surface area contributed by atoms with E-state index in [-0.39, 0.29) is 29.6 Å². The van der Waals surface area contributed by atoms with Crippen molar-refractivity contribution in [1.82, 2.24) is 9.62 Å². The molecule has 0 radical (unpaired) electrons. The number of hydrogen-bond acceptors (Lipinski definition) is 5. The van der Waals surface area contributed by atoms with E-state index in [0.29, 0.717) is 12.3 Å². The van der Waals surface area contributed by atoms with Crippen LogP contribution in [0.5, 0.6) is 5.75 Å². The van der Waals surface area contributed by atoms with Crippen LogP contribution in [-0.4, -0.2) is 44.4 Å². The van der Waals surface area contributed by atoms with Gasteiger partial charge in [-0.15, -0.1) is 0 Å². The quantitative estimate of drug-likeness (QED) is 0.772. The Morgan fingerprint density at radius 3 is 2.86 bits per heavy atom. The molecule has 3 N–H and O–H groups in total. The van der Waals surface area contributed by atoms with Gasteiger partial charge < -0.3 is 15.8 Å². The molecule has 1 aromatic rings. The number of nitrogens with two attached hydrogens (primary N) is 1. The van der Waals surface area contributed by atoms with Crippen LogP contribution in [-0.2, 0) is 14.8 Å². The van der Waals surface area contributed by atoms with Crippen molar-refractivity contribution in [1.29, 1.82) is 0 Å². The molecule has 1 amide bonds. The molecule has 0 aliphatic carbocycles. The van der Waals surface area contributed by atoms with Gasteiger partial charge in [-0.3, -0.25) is 4.79 Å². The van der Waals surface area contributed by atoms with Crippen LogP contribution in [0.15, 0.2) is 23.1 Å². The Hall–Kier alpha value is -1.80. The smallest absolute Gasteiger partial charge is 0.247 e. The lowest BCUT2D eigenvalue weighted by molar-refractivity contribution is -0.126. The van der Waals surface area contributed by atoms with Crippen LogP contribution >= 0.6 is 0 Å². The minimum absolute atomic E-state index is 0.00843. The van der Waals surface area contributed by atoms with Crippen molar-refractivity contribution in [2.24, 2.45) is 0 Å². The number of nitrogen functional groups attached to an aromatic ring is 1. The summed E-state index contributed by atoms with van der Waals surface area (Å²) in [4.78, 5) is 11.7. The van der Waals surface area contributed by atoms with E-state index in [1.54, 1.807) is 19.9 Å². The Morgan fingerprint density at radius 2 is 2.19 bits per heavy atom. The third kappa shape index (κ3) is 2.96. The van der Waals surface area contributed by atoms with Crippen LogP contribution in [0.1, 0.15) is 13.8 Å². The lowest BCUT2D eigenvalue weighted by Crippen LogP contribution is -2.55. The maximum atomic E-state index is 12.8. The standard InChI is InChI=1S/C13H19N3O4S/c1-3-20-11-5-4-10(14)8-12(11)21(18,19)16-7-6-15-13(17)9(16)2/h4-5,8-9H,3,6-7,14H2,1-2H3,(H,15,17). The fraction of sp³-hybridized carbons (Fsp3) is 0.462. The first-order valence-electron chi connectivity index (χ1n) is 6.69. The summed E-state index contributed by atoms with van der Waals surface area (Å²) in [7, 11) is -3.85. The molecule has 116 valence electrons. The number of amides is 1. The summed E-state index contributed by atoms with van der Waals surface area (Å²) in [6.45, 7) is 4.16. The summed E-state index contributed by atoms with van der Waals surface area (Å²) in [5.41, 5.74) is 6.02. The number of anilines is 1. The van der Waals surface area contributed by atoms with Crippen molar-refractivity contribution in [2.75, 3.05) is 25.4 Å². The zero-order valence-electron chi connectivity index (χ0n) is 12.0. The second-order valence-electron chi connectivity index (χ2n) is 4.72. The largest absolute Gasteiger partial charge is 0.492 e. The van der Waals surface area contributed by atoms with Crippen LogP contribution in [0.3, 0.4) is 0 Å². The second kappa shape index (κ2) is 5.90. The van der Waals surface area contributed by atoms with Gasteiger partial charge in [-0.1, -0.05) is 0 Å². The van der Waals surface area contributed by atoms with E-state index in [4.69, 9.17) is 10.5 Å². The molecule has 8 heteroatoms. The Kier molecular flexibility index (Phi) is 4.38. The normalized spacial score (nSPS) is 20.1. The molecule has 1 atom stereocenters. The van der Waals surface area contributed by atoms with Gasteiger partial charge in [-0.25, -0.2) is 8.42 Å². The van der Waals surface area contributed by atoms with Crippen molar-refractivity contribution >= 4 is 21.6 Å². The summed E-state index contributed by atoms with van der Waals surface area (Å²) < 4.78 is 32.1. The summed E-state index contributed by atoms with van der Waals surface area (Å²) in [5.74, 6) is -0.0726. The number of nitrogens with one attached hydrogen (secondary N) is 1. The maximum absolute atomic E-state index is 12.8. The zero-order valence-corrected chi connectivity index (χ0v) is 12.8. The molecular formula is C13H19N3O4S. The summed E-state index contributed by atoms with van der Waals surface area (Å²) >= 11 is 0. The predicted molar refractivity (Wildman–Crippen MR) is 78.4 cm³/mol. The Labute approximate surface area is 124 Å². The molecular weight excluding hydrogens is 294 g/mol. The number of sulfonamides is 1. The summed E-state index contributed by atoms with van der Waals surface area (Å²) in [6.07, 6.45) is 0. The Bertz CT molecular complexity index is 645. The zero-order chi connectivity index (χ0) is 15.6. The summed E-state index contributed by atoms with van der Waals surface area (Å²) in [6, 6.07) is 3.70. The molecule has 1 fully saturated rings. The number of rotatable bonds is 4. The monoisotopic (exact) mass is 313 g/mol.